The summed E-state index contributed by atoms with van der Waals surface area (Å²) in [6.45, 7) is 1.74. The van der Waals surface area contributed by atoms with Crippen molar-refractivity contribution in [3.63, 3.8) is 0 Å². The van der Waals surface area contributed by atoms with Gasteiger partial charge in [-0.3, -0.25) is 5.10 Å². The molecule has 1 fully saturated rings. The van der Waals surface area contributed by atoms with E-state index in [-0.39, 0.29) is 6.04 Å². The number of anilines is 1. The van der Waals surface area contributed by atoms with Crippen LogP contribution < -0.4 is 10.6 Å². The number of hydrogen-bond donors (Lipinski definition) is 2. The third-order valence-electron chi connectivity index (χ3n) is 3.40. The molecule has 2 heterocycles. The molecule has 106 valence electrons. The summed E-state index contributed by atoms with van der Waals surface area (Å²) in [5.74, 6) is 1.36. The molecule has 1 saturated heterocycles. The van der Waals surface area contributed by atoms with E-state index in [2.05, 4.69) is 36.0 Å². The largest absolute Gasteiger partial charge is 0.338 e. The summed E-state index contributed by atoms with van der Waals surface area (Å²) in [6.07, 6.45) is 2.13. The summed E-state index contributed by atoms with van der Waals surface area (Å²) in [6, 6.07) is 5.85. The van der Waals surface area contributed by atoms with Gasteiger partial charge in [0.25, 0.3) is 0 Å². The molecule has 1 aromatic heterocycles. The van der Waals surface area contributed by atoms with Crippen molar-refractivity contribution in [3.05, 3.63) is 27.7 Å². The van der Waals surface area contributed by atoms with Crippen LogP contribution in [0.1, 0.15) is 12.8 Å². The third kappa shape index (κ3) is 2.82. The molecule has 0 amide bonds. The highest BCUT2D eigenvalue weighted by molar-refractivity contribution is 9.10. The van der Waals surface area contributed by atoms with Crippen LogP contribution in [0.5, 0.6) is 0 Å². The van der Waals surface area contributed by atoms with Crippen molar-refractivity contribution < 1.29 is 0 Å². The lowest BCUT2D eigenvalue weighted by atomic mass is 10.1. The van der Waals surface area contributed by atoms with Crippen LogP contribution in [0.3, 0.4) is 0 Å². The van der Waals surface area contributed by atoms with Gasteiger partial charge in [0.15, 0.2) is 5.82 Å². The number of nitrogens with two attached hydrogens (primary N) is 1. The SMILES string of the molecule is NC1CCCN(c2n[nH]c(-c3cc(Br)ccc3Cl)n2)C1. The van der Waals surface area contributed by atoms with Gasteiger partial charge in [-0.2, -0.15) is 4.98 Å². The molecule has 0 saturated carbocycles. The molecule has 0 spiro atoms. The highest BCUT2D eigenvalue weighted by Crippen LogP contribution is 2.29. The number of hydrogen-bond acceptors (Lipinski definition) is 4. The minimum absolute atomic E-state index is 0.195. The molecule has 5 nitrogen and oxygen atoms in total. The van der Waals surface area contributed by atoms with Crippen LogP contribution in [0.15, 0.2) is 22.7 Å². The first-order valence-corrected chi connectivity index (χ1v) is 7.69. The topological polar surface area (TPSA) is 70.8 Å². The summed E-state index contributed by atoms with van der Waals surface area (Å²) >= 11 is 9.64. The zero-order chi connectivity index (χ0) is 14.1. The van der Waals surface area contributed by atoms with Crippen LogP contribution in [0.25, 0.3) is 11.4 Å². The maximum atomic E-state index is 6.21. The molecular formula is C13H15BrClN5. The Morgan fingerprint density at radius 1 is 1.45 bits per heavy atom. The second kappa shape index (κ2) is 5.71. The Hall–Kier alpha value is -1.11. The zero-order valence-electron chi connectivity index (χ0n) is 10.8. The lowest BCUT2D eigenvalue weighted by Crippen LogP contribution is -2.43. The number of aromatic nitrogens is 3. The van der Waals surface area contributed by atoms with Gasteiger partial charge < -0.3 is 10.6 Å². The molecule has 0 radical (unpaired) electrons. The van der Waals surface area contributed by atoms with Crippen molar-refractivity contribution in [2.75, 3.05) is 18.0 Å². The van der Waals surface area contributed by atoms with E-state index < -0.39 is 0 Å². The summed E-state index contributed by atoms with van der Waals surface area (Å²) in [4.78, 5) is 6.65. The Labute approximate surface area is 130 Å². The normalized spacial score (nSPS) is 19.4. The van der Waals surface area contributed by atoms with E-state index in [9.17, 15) is 0 Å². The van der Waals surface area contributed by atoms with Crippen molar-refractivity contribution in [2.24, 2.45) is 5.73 Å². The second-order valence-corrected chi connectivity index (χ2v) is 6.28. The summed E-state index contributed by atoms with van der Waals surface area (Å²) in [5, 5.41) is 7.88. The van der Waals surface area contributed by atoms with Gasteiger partial charge in [0.05, 0.1) is 5.02 Å². The van der Waals surface area contributed by atoms with Gasteiger partial charge in [0.2, 0.25) is 5.95 Å². The quantitative estimate of drug-likeness (QED) is 0.868. The van der Waals surface area contributed by atoms with Gasteiger partial charge in [-0.25, -0.2) is 0 Å². The Bertz CT molecular complexity index is 615. The summed E-state index contributed by atoms with van der Waals surface area (Å²) < 4.78 is 0.954. The Morgan fingerprint density at radius 2 is 2.30 bits per heavy atom. The van der Waals surface area contributed by atoms with E-state index in [1.165, 1.54) is 0 Å². The van der Waals surface area contributed by atoms with E-state index in [1.807, 2.05) is 18.2 Å². The molecule has 0 bridgehead atoms. The molecule has 20 heavy (non-hydrogen) atoms. The van der Waals surface area contributed by atoms with E-state index >= 15 is 0 Å². The van der Waals surface area contributed by atoms with Gasteiger partial charge in [-0.05, 0) is 31.0 Å². The number of nitrogens with zero attached hydrogens (tertiary/aromatic N) is 3. The fourth-order valence-corrected chi connectivity index (χ4v) is 2.95. The molecule has 3 N–H and O–H groups in total. The van der Waals surface area contributed by atoms with E-state index in [4.69, 9.17) is 17.3 Å². The average Bonchev–Trinajstić information content (AvgIpc) is 2.91. The predicted molar refractivity (Wildman–Crippen MR) is 84.0 cm³/mol. The van der Waals surface area contributed by atoms with Crippen LogP contribution >= 0.6 is 27.5 Å². The number of H-pyrrole nitrogens is 1. The maximum absolute atomic E-state index is 6.21. The first-order valence-electron chi connectivity index (χ1n) is 6.52. The van der Waals surface area contributed by atoms with Gasteiger partial charge in [0.1, 0.15) is 0 Å². The van der Waals surface area contributed by atoms with Crippen LogP contribution in [0.2, 0.25) is 5.02 Å². The highest BCUT2D eigenvalue weighted by Gasteiger charge is 2.20. The van der Waals surface area contributed by atoms with Crippen LogP contribution in [-0.2, 0) is 0 Å². The molecule has 2 aromatic rings. The third-order valence-corrected chi connectivity index (χ3v) is 4.22. The molecule has 1 unspecified atom stereocenters. The number of piperidine rings is 1. The van der Waals surface area contributed by atoms with Gasteiger partial charge in [0, 0.05) is 29.2 Å². The van der Waals surface area contributed by atoms with Crippen molar-refractivity contribution in [3.8, 4) is 11.4 Å². The van der Waals surface area contributed by atoms with E-state index in [1.54, 1.807) is 0 Å². The lowest BCUT2D eigenvalue weighted by Gasteiger charge is -2.29. The minimum Gasteiger partial charge on any atom is -0.338 e. The van der Waals surface area contributed by atoms with Crippen molar-refractivity contribution in [1.29, 1.82) is 0 Å². The molecule has 0 aliphatic carbocycles. The lowest BCUT2D eigenvalue weighted by molar-refractivity contribution is 0.500. The van der Waals surface area contributed by atoms with E-state index in [0.717, 1.165) is 36.0 Å². The smallest absolute Gasteiger partial charge is 0.245 e. The number of benzene rings is 1. The standard InChI is InChI=1S/C13H15BrClN5/c14-8-3-4-11(15)10(6-8)12-17-13(19-18-12)20-5-1-2-9(16)7-20/h3-4,6,9H,1-2,5,7,16H2,(H,17,18,19). The van der Waals surface area contributed by atoms with Crippen LogP contribution in [-0.4, -0.2) is 34.3 Å². The first kappa shape index (κ1) is 13.9. The van der Waals surface area contributed by atoms with Gasteiger partial charge in [-0.15, -0.1) is 5.10 Å². The average molecular weight is 357 g/mol. The number of halogens is 2. The number of nitrogens with one attached hydrogen (secondary N) is 1. The molecule has 1 aliphatic heterocycles. The predicted octanol–water partition coefficient (Wildman–Crippen LogP) is 2.82. The molecule has 7 heteroatoms. The Morgan fingerprint density at radius 3 is 3.10 bits per heavy atom. The number of rotatable bonds is 2. The van der Waals surface area contributed by atoms with E-state index in [0.29, 0.717) is 16.8 Å². The summed E-state index contributed by atoms with van der Waals surface area (Å²) in [7, 11) is 0. The van der Waals surface area contributed by atoms with Crippen LogP contribution in [0.4, 0.5) is 5.95 Å². The van der Waals surface area contributed by atoms with Crippen molar-refractivity contribution in [2.45, 2.75) is 18.9 Å². The second-order valence-electron chi connectivity index (χ2n) is 4.96. The highest BCUT2D eigenvalue weighted by atomic mass is 79.9. The first-order chi connectivity index (χ1) is 9.63. The Kier molecular flexibility index (Phi) is 3.96. The molecule has 1 aromatic carbocycles. The van der Waals surface area contributed by atoms with Crippen molar-refractivity contribution >= 4 is 33.5 Å². The summed E-state index contributed by atoms with van der Waals surface area (Å²) in [5.41, 5.74) is 6.82. The van der Waals surface area contributed by atoms with Crippen LogP contribution in [0, 0.1) is 0 Å². The Balaban J connectivity index is 1.88. The monoisotopic (exact) mass is 355 g/mol. The molecular weight excluding hydrogens is 342 g/mol. The fourth-order valence-electron chi connectivity index (χ4n) is 2.39. The number of aromatic amines is 1. The van der Waals surface area contributed by atoms with Gasteiger partial charge in [-0.1, -0.05) is 27.5 Å². The molecule has 1 atom stereocenters. The fraction of sp³-hybridized carbons (Fsp3) is 0.385. The molecule has 1 aliphatic rings. The van der Waals surface area contributed by atoms with Crippen molar-refractivity contribution in [1.82, 2.24) is 15.2 Å². The van der Waals surface area contributed by atoms with Gasteiger partial charge >= 0.3 is 0 Å². The maximum Gasteiger partial charge on any atom is 0.245 e. The molecule has 3 rings (SSSR count). The minimum atomic E-state index is 0.195. The zero-order valence-corrected chi connectivity index (χ0v) is 13.2.